The van der Waals surface area contributed by atoms with Gasteiger partial charge in [-0.3, -0.25) is 0 Å². The maximum Gasteiger partial charge on any atom is 0.128 e. The molecule has 1 aromatic carbocycles. The highest BCUT2D eigenvalue weighted by molar-refractivity contribution is 5.29. The lowest BCUT2D eigenvalue weighted by molar-refractivity contribution is 0.599. The van der Waals surface area contributed by atoms with Crippen LogP contribution >= 0.6 is 0 Å². The minimum Gasteiger partial charge on any atom is -0.385 e. The molecule has 2 heteroatoms. The van der Waals surface area contributed by atoms with Gasteiger partial charge in [0.2, 0.25) is 0 Å². The van der Waals surface area contributed by atoms with E-state index in [9.17, 15) is 4.39 Å². The molecule has 0 radical (unpaired) electrons. The second kappa shape index (κ2) is 4.05. The Morgan fingerprint density at radius 2 is 2.27 bits per heavy atom. The van der Waals surface area contributed by atoms with Crippen LogP contribution < -0.4 is 5.32 Å². The smallest absolute Gasteiger partial charge is 0.128 e. The van der Waals surface area contributed by atoms with E-state index >= 15 is 0 Å². The standard InChI is InChI=1S/C13H16FN/c1-9(2)15-8-12-6-5-11(7-13(12)14)10-3-4-10/h5-7,10,15H,1,3-4,8H2,2H3. The summed E-state index contributed by atoms with van der Waals surface area (Å²) in [6.07, 6.45) is 2.42. The van der Waals surface area contributed by atoms with Crippen molar-refractivity contribution in [1.82, 2.24) is 5.32 Å². The molecule has 0 heterocycles. The Labute approximate surface area is 90.0 Å². The Morgan fingerprint density at radius 3 is 2.80 bits per heavy atom. The van der Waals surface area contributed by atoms with Gasteiger partial charge in [0.1, 0.15) is 5.82 Å². The van der Waals surface area contributed by atoms with Crippen LogP contribution in [0, 0.1) is 5.82 Å². The molecule has 1 aromatic rings. The Bertz CT molecular complexity index is 380. The predicted molar refractivity (Wildman–Crippen MR) is 60.0 cm³/mol. The average Bonchev–Trinajstić information content (AvgIpc) is 2.98. The Morgan fingerprint density at radius 1 is 1.53 bits per heavy atom. The minimum absolute atomic E-state index is 0.104. The number of allylic oxidation sites excluding steroid dienone is 1. The van der Waals surface area contributed by atoms with Gasteiger partial charge >= 0.3 is 0 Å². The van der Waals surface area contributed by atoms with E-state index in [1.807, 2.05) is 19.1 Å². The molecule has 15 heavy (non-hydrogen) atoms. The summed E-state index contributed by atoms with van der Waals surface area (Å²) in [5.74, 6) is 0.510. The first-order chi connectivity index (χ1) is 7.16. The number of benzene rings is 1. The first kappa shape index (κ1) is 10.2. The third kappa shape index (κ3) is 2.58. The number of nitrogens with one attached hydrogen (secondary N) is 1. The summed E-state index contributed by atoms with van der Waals surface area (Å²) in [6.45, 7) is 6.11. The largest absolute Gasteiger partial charge is 0.385 e. The van der Waals surface area contributed by atoms with Crippen molar-refractivity contribution >= 4 is 0 Å². The zero-order chi connectivity index (χ0) is 10.8. The van der Waals surface area contributed by atoms with Crippen molar-refractivity contribution in [1.29, 1.82) is 0 Å². The molecule has 0 bridgehead atoms. The number of hydrogen-bond donors (Lipinski definition) is 1. The van der Waals surface area contributed by atoms with Gasteiger partial charge in [-0.2, -0.15) is 0 Å². The van der Waals surface area contributed by atoms with Crippen LogP contribution in [0.1, 0.15) is 36.8 Å². The highest BCUT2D eigenvalue weighted by Crippen LogP contribution is 2.40. The van der Waals surface area contributed by atoms with Crippen molar-refractivity contribution in [2.45, 2.75) is 32.2 Å². The molecule has 0 aliphatic heterocycles. The van der Waals surface area contributed by atoms with Crippen molar-refractivity contribution < 1.29 is 4.39 Å². The molecule has 0 aromatic heterocycles. The Balaban J connectivity index is 2.08. The highest BCUT2D eigenvalue weighted by Gasteiger charge is 2.23. The second-order valence-electron chi connectivity index (χ2n) is 4.26. The van der Waals surface area contributed by atoms with E-state index in [0.29, 0.717) is 18.0 Å². The summed E-state index contributed by atoms with van der Waals surface area (Å²) in [5, 5.41) is 3.03. The van der Waals surface area contributed by atoms with Crippen molar-refractivity contribution in [3.05, 3.63) is 47.4 Å². The molecule has 2 rings (SSSR count). The zero-order valence-corrected chi connectivity index (χ0v) is 9.02. The van der Waals surface area contributed by atoms with Crippen LogP contribution in [0.15, 0.2) is 30.5 Å². The van der Waals surface area contributed by atoms with Gasteiger partial charge in [-0.25, -0.2) is 4.39 Å². The van der Waals surface area contributed by atoms with Crippen molar-refractivity contribution in [3.8, 4) is 0 Å². The third-order valence-corrected chi connectivity index (χ3v) is 2.71. The molecule has 0 atom stereocenters. The van der Waals surface area contributed by atoms with Gasteiger partial charge < -0.3 is 5.32 Å². The summed E-state index contributed by atoms with van der Waals surface area (Å²) < 4.78 is 13.6. The van der Waals surface area contributed by atoms with E-state index in [2.05, 4.69) is 11.9 Å². The second-order valence-corrected chi connectivity index (χ2v) is 4.26. The van der Waals surface area contributed by atoms with Gasteiger partial charge in [0, 0.05) is 17.8 Å². The van der Waals surface area contributed by atoms with Crippen LogP contribution in [0.3, 0.4) is 0 Å². The Kier molecular flexibility index (Phi) is 2.76. The quantitative estimate of drug-likeness (QED) is 0.795. The molecule has 80 valence electrons. The molecule has 0 amide bonds. The summed E-state index contributed by atoms with van der Waals surface area (Å²) in [6, 6.07) is 5.59. The summed E-state index contributed by atoms with van der Waals surface area (Å²) in [4.78, 5) is 0. The number of halogens is 1. The SMILES string of the molecule is C=C(C)NCc1ccc(C2CC2)cc1F. The predicted octanol–water partition coefficient (Wildman–Crippen LogP) is 3.33. The van der Waals surface area contributed by atoms with Crippen molar-refractivity contribution in [2.24, 2.45) is 0 Å². The van der Waals surface area contributed by atoms with E-state index in [-0.39, 0.29) is 5.82 Å². The molecule has 0 saturated heterocycles. The fourth-order valence-electron chi connectivity index (χ4n) is 1.62. The third-order valence-electron chi connectivity index (χ3n) is 2.71. The molecule has 1 saturated carbocycles. The molecular weight excluding hydrogens is 189 g/mol. The topological polar surface area (TPSA) is 12.0 Å². The number of hydrogen-bond acceptors (Lipinski definition) is 1. The molecule has 1 fully saturated rings. The molecule has 1 aliphatic carbocycles. The van der Waals surface area contributed by atoms with E-state index in [0.717, 1.165) is 11.3 Å². The van der Waals surface area contributed by atoms with Crippen LogP contribution in [0.2, 0.25) is 0 Å². The average molecular weight is 205 g/mol. The van der Waals surface area contributed by atoms with E-state index in [4.69, 9.17) is 0 Å². The van der Waals surface area contributed by atoms with Crippen molar-refractivity contribution in [2.75, 3.05) is 0 Å². The van der Waals surface area contributed by atoms with Crippen LogP contribution in [0.4, 0.5) is 4.39 Å². The fraction of sp³-hybridized carbons (Fsp3) is 0.385. The lowest BCUT2D eigenvalue weighted by Gasteiger charge is -2.07. The van der Waals surface area contributed by atoms with Crippen LogP contribution in [-0.2, 0) is 6.54 Å². The molecule has 0 unspecified atom stereocenters. The maximum absolute atomic E-state index is 13.6. The fourth-order valence-corrected chi connectivity index (χ4v) is 1.62. The van der Waals surface area contributed by atoms with Gasteiger partial charge in [-0.05, 0) is 37.3 Å². The Hall–Kier alpha value is -1.31. The molecular formula is C13H16FN. The van der Waals surface area contributed by atoms with Gasteiger partial charge in [0.05, 0.1) is 0 Å². The zero-order valence-electron chi connectivity index (χ0n) is 9.02. The lowest BCUT2D eigenvalue weighted by atomic mass is 10.1. The first-order valence-corrected chi connectivity index (χ1v) is 5.34. The molecule has 1 nitrogen and oxygen atoms in total. The maximum atomic E-state index is 13.6. The molecule has 1 aliphatic rings. The van der Waals surface area contributed by atoms with Gasteiger partial charge in [-0.1, -0.05) is 18.7 Å². The van der Waals surface area contributed by atoms with Crippen LogP contribution in [0.25, 0.3) is 0 Å². The van der Waals surface area contributed by atoms with E-state index in [1.54, 1.807) is 6.07 Å². The molecule has 1 N–H and O–H groups in total. The van der Waals surface area contributed by atoms with Crippen molar-refractivity contribution in [3.63, 3.8) is 0 Å². The number of rotatable bonds is 4. The van der Waals surface area contributed by atoms with E-state index in [1.165, 1.54) is 12.8 Å². The first-order valence-electron chi connectivity index (χ1n) is 5.34. The minimum atomic E-state index is -0.104. The normalized spacial score (nSPS) is 15.1. The van der Waals surface area contributed by atoms with Crippen LogP contribution in [-0.4, -0.2) is 0 Å². The summed E-state index contributed by atoms with van der Waals surface area (Å²) >= 11 is 0. The van der Waals surface area contributed by atoms with Gasteiger partial charge in [0.25, 0.3) is 0 Å². The summed E-state index contributed by atoms with van der Waals surface area (Å²) in [7, 11) is 0. The van der Waals surface area contributed by atoms with E-state index < -0.39 is 0 Å². The van der Waals surface area contributed by atoms with Crippen LogP contribution in [0.5, 0.6) is 0 Å². The summed E-state index contributed by atoms with van der Waals surface area (Å²) in [5.41, 5.74) is 2.72. The monoisotopic (exact) mass is 205 g/mol. The molecule has 0 spiro atoms. The lowest BCUT2D eigenvalue weighted by Crippen LogP contribution is -2.10. The van der Waals surface area contributed by atoms with Gasteiger partial charge in [-0.15, -0.1) is 0 Å². The highest BCUT2D eigenvalue weighted by atomic mass is 19.1. The van der Waals surface area contributed by atoms with Gasteiger partial charge in [0.15, 0.2) is 0 Å².